The zero-order valence-electron chi connectivity index (χ0n) is 6.55. The minimum absolute atomic E-state index is 0.375. The van der Waals surface area contributed by atoms with Gasteiger partial charge in [0.1, 0.15) is 5.75 Å². The maximum atomic E-state index is 11.9. The molecule has 0 spiro atoms. The molecule has 0 fully saturated rings. The first-order valence-electron chi connectivity index (χ1n) is 3.20. The first kappa shape index (κ1) is 11.7. The first-order chi connectivity index (χ1) is 6.00. The highest BCUT2D eigenvalue weighted by Gasteiger charge is 2.30. The molecule has 0 saturated carbocycles. The van der Waals surface area contributed by atoms with Crippen molar-refractivity contribution in [2.24, 2.45) is 11.7 Å². The molecule has 0 bridgehead atoms. The third-order valence-electron chi connectivity index (χ3n) is 1.17. The second kappa shape index (κ2) is 4.68. The van der Waals surface area contributed by atoms with Crippen LogP contribution in [-0.4, -0.2) is 5.11 Å². The predicted octanol–water partition coefficient (Wildman–Crippen LogP) is 1.23. The van der Waals surface area contributed by atoms with Crippen LogP contribution in [0.1, 0.15) is 5.56 Å². The summed E-state index contributed by atoms with van der Waals surface area (Å²) in [5.41, 5.74) is -0.836. The molecule has 1 rings (SSSR count). The van der Waals surface area contributed by atoms with Crippen LogP contribution in [0.5, 0.6) is 5.75 Å². The number of phenols is 1. The molecular formula is C7H9F3N2O. The number of hydrazine groups is 1. The lowest BCUT2D eigenvalue weighted by molar-refractivity contribution is -0.137. The van der Waals surface area contributed by atoms with E-state index in [1.165, 1.54) is 6.07 Å². The van der Waals surface area contributed by atoms with Gasteiger partial charge in [0.05, 0.1) is 5.56 Å². The summed E-state index contributed by atoms with van der Waals surface area (Å²) in [6.45, 7) is 0. The maximum absolute atomic E-state index is 11.9. The number of hydrogen-bond acceptors (Lipinski definition) is 3. The topological polar surface area (TPSA) is 72.3 Å². The van der Waals surface area contributed by atoms with Crippen LogP contribution >= 0.6 is 0 Å². The summed E-state index contributed by atoms with van der Waals surface area (Å²) < 4.78 is 35.6. The van der Waals surface area contributed by atoms with Crippen molar-refractivity contribution in [1.82, 2.24) is 0 Å². The van der Waals surface area contributed by atoms with E-state index in [0.29, 0.717) is 6.07 Å². The van der Waals surface area contributed by atoms with Crippen LogP contribution in [0.2, 0.25) is 0 Å². The molecule has 1 aromatic rings. The van der Waals surface area contributed by atoms with Crippen LogP contribution in [0, 0.1) is 0 Å². The predicted molar refractivity (Wildman–Crippen MR) is 41.5 cm³/mol. The van der Waals surface area contributed by atoms with E-state index in [9.17, 15) is 13.2 Å². The Balaban J connectivity index is 0.000000671. The Hall–Kier alpha value is -1.27. The lowest BCUT2D eigenvalue weighted by Crippen LogP contribution is -2.03. The zero-order valence-corrected chi connectivity index (χ0v) is 6.55. The minimum atomic E-state index is -4.38. The summed E-state index contributed by atoms with van der Waals surface area (Å²) >= 11 is 0. The fourth-order valence-corrected chi connectivity index (χ4v) is 0.682. The van der Waals surface area contributed by atoms with Crippen molar-refractivity contribution in [3.05, 3.63) is 29.8 Å². The summed E-state index contributed by atoms with van der Waals surface area (Å²) in [4.78, 5) is 0. The Morgan fingerprint density at radius 2 is 1.69 bits per heavy atom. The van der Waals surface area contributed by atoms with E-state index >= 15 is 0 Å². The number of alkyl halides is 3. The summed E-state index contributed by atoms with van der Waals surface area (Å²) in [5, 5.41) is 8.68. The van der Waals surface area contributed by atoms with Crippen LogP contribution in [0.25, 0.3) is 0 Å². The van der Waals surface area contributed by atoms with Gasteiger partial charge in [-0.05, 0) is 18.2 Å². The molecule has 5 N–H and O–H groups in total. The number of hydrogen-bond donors (Lipinski definition) is 3. The standard InChI is InChI=1S/C7H5F3O.H4N2/c8-7(9,10)5-2-1-3-6(11)4-5;1-2/h1-4,11H;1-2H2. The molecule has 0 aliphatic carbocycles. The SMILES string of the molecule is NN.Oc1cccc(C(F)(F)F)c1. The molecule has 0 saturated heterocycles. The van der Waals surface area contributed by atoms with Gasteiger partial charge in [0.25, 0.3) is 0 Å². The number of nitrogens with two attached hydrogens (primary N) is 2. The molecule has 0 amide bonds. The molecule has 3 nitrogen and oxygen atoms in total. The molecular weight excluding hydrogens is 185 g/mol. The first-order valence-corrected chi connectivity index (χ1v) is 3.20. The Morgan fingerprint density at radius 3 is 2.00 bits per heavy atom. The molecule has 0 atom stereocenters. The minimum Gasteiger partial charge on any atom is -0.508 e. The van der Waals surface area contributed by atoms with Crippen LogP contribution in [0.15, 0.2) is 24.3 Å². The highest BCUT2D eigenvalue weighted by atomic mass is 19.4. The maximum Gasteiger partial charge on any atom is 0.416 e. The van der Waals surface area contributed by atoms with Gasteiger partial charge in [0, 0.05) is 0 Å². The van der Waals surface area contributed by atoms with E-state index in [4.69, 9.17) is 5.11 Å². The molecule has 0 heterocycles. The van der Waals surface area contributed by atoms with E-state index in [1.54, 1.807) is 0 Å². The van der Waals surface area contributed by atoms with Gasteiger partial charge < -0.3 is 5.11 Å². The van der Waals surface area contributed by atoms with E-state index in [-0.39, 0.29) is 5.75 Å². The third kappa shape index (κ3) is 3.77. The summed E-state index contributed by atoms with van der Waals surface area (Å²) in [6.07, 6.45) is -4.38. The van der Waals surface area contributed by atoms with Gasteiger partial charge >= 0.3 is 6.18 Å². The fraction of sp³-hybridized carbons (Fsp3) is 0.143. The third-order valence-corrected chi connectivity index (χ3v) is 1.17. The van der Waals surface area contributed by atoms with Gasteiger partial charge in [-0.15, -0.1) is 0 Å². The number of halogens is 3. The van der Waals surface area contributed by atoms with Crippen LogP contribution in [0.3, 0.4) is 0 Å². The van der Waals surface area contributed by atoms with Gasteiger partial charge in [-0.3, -0.25) is 11.7 Å². The number of aromatic hydroxyl groups is 1. The van der Waals surface area contributed by atoms with Crippen molar-refractivity contribution in [3.8, 4) is 5.75 Å². The monoisotopic (exact) mass is 194 g/mol. The largest absolute Gasteiger partial charge is 0.508 e. The van der Waals surface area contributed by atoms with Crippen LogP contribution < -0.4 is 11.7 Å². The van der Waals surface area contributed by atoms with Crippen molar-refractivity contribution in [1.29, 1.82) is 0 Å². The Bertz CT molecular complexity index is 262. The summed E-state index contributed by atoms with van der Waals surface area (Å²) in [7, 11) is 0. The molecule has 1 aromatic carbocycles. The van der Waals surface area contributed by atoms with Crippen LogP contribution in [0.4, 0.5) is 13.2 Å². The molecule has 0 aliphatic rings. The van der Waals surface area contributed by atoms with Crippen molar-refractivity contribution < 1.29 is 18.3 Å². The molecule has 13 heavy (non-hydrogen) atoms. The van der Waals surface area contributed by atoms with Gasteiger partial charge in [-0.2, -0.15) is 13.2 Å². The lowest BCUT2D eigenvalue weighted by atomic mass is 10.2. The average molecular weight is 194 g/mol. The zero-order chi connectivity index (χ0) is 10.5. The molecule has 0 aliphatic heterocycles. The fourth-order valence-electron chi connectivity index (χ4n) is 0.682. The van der Waals surface area contributed by atoms with Crippen molar-refractivity contribution in [3.63, 3.8) is 0 Å². The van der Waals surface area contributed by atoms with E-state index in [0.717, 1.165) is 12.1 Å². The van der Waals surface area contributed by atoms with Gasteiger partial charge in [-0.1, -0.05) is 6.07 Å². The molecule has 0 radical (unpaired) electrons. The Morgan fingerprint density at radius 1 is 1.15 bits per heavy atom. The Labute approximate surface area is 72.7 Å². The molecule has 0 unspecified atom stereocenters. The van der Waals surface area contributed by atoms with E-state index in [1.807, 2.05) is 0 Å². The van der Waals surface area contributed by atoms with Crippen LogP contribution in [-0.2, 0) is 6.18 Å². The molecule has 6 heteroatoms. The van der Waals surface area contributed by atoms with Gasteiger partial charge in [0.15, 0.2) is 0 Å². The summed E-state index contributed by atoms with van der Waals surface area (Å²) in [6, 6.07) is 3.92. The molecule has 0 aromatic heterocycles. The smallest absolute Gasteiger partial charge is 0.416 e. The van der Waals surface area contributed by atoms with Crippen molar-refractivity contribution in [2.45, 2.75) is 6.18 Å². The highest BCUT2D eigenvalue weighted by molar-refractivity contribution is 5.28. The van der Waals surface area contributed by atoms with E-state index < -0.39 is 11.7 Å². The van der Waals surface area contributed by atoms with E-state index in [2.05, 4.69) is 11.7 Å². The quantitative estimate of drug-likeness (QED) is 0.429. The number of rotatable bonds is 0. The Kier molecular flexibility index (Phi) is 4.22. The average Bonchev–Trinajstić information content (AvgIpc) is 2.06. The van der Waals surface area contributed by atoms with Crippen molar-refractivity contribution >= 4 is 0 Å². The number of benzene rings is 1. The lowest BCUT2D eigenvalue weighted by Gasteiger charge is -2.05. The van der Waals surface area contributed by atoms with Crippen molar-refractivity contribution in [2.75, 3.05) is 0 Å². The molecule has 74 valence electrons. The van der Waals surface area contributed by atoms with Gasteiger partial charge in [0.2, 0.25) is 0 Å². The highest BCUT2D eigenvalue weighted by Crippen LogP contribution is 2.30. The number of phenolic OH excluding ortho intramolecular Hbond substituents is 1. The van der Waals surface area contributed by atoms with Gasteiger partial charge in [-0.25, -0.2) is 0 Å². The second-order valence-electron chi connectivity index (χ2n) is 2.05. The summed E-state index contributed by atoms with van der Waals surface area (Å²) in [5.74, 6) is 7.62. The normalized spacial score (nSPS) is 10.2. The second-order valence-corrected chi connectivity index (χ2v) is 2.05.